The summed E-state index contributed by atoms with van der Waals surface area (Å²) in [7, 11) is 0. The second-order valence-corrected chi connectivity index (χ2v) is 4.52. The number of H-pyrrole nitrogens is 1. The predicted octanol–water partition coefficient (Wildman–Crippen LogP) is 2.40. The number of amides is 1. The fourth-order valence-corrected chi connectivity index (χ4v) is 2.53. The summed E-state index contributed by atoms with van der Waals surface area (Å²) in [5, 5.41) is 2.73. The van der Waals surface area contributed by atoms with E-state index in [2.05, 4.69) is 40.6 Å². The molecular formula is C15H20N4OW. The molecule has 2 aromatic heterocycles. The monoisotopic (exact) mass is 456 g/mol. The molecule has 1 aliphatic heterocycles. The molecule has 0 radical (unpaired) electrons. The molecule has 1 amide bonds. The van der Waals surface area contributed by atoms with Gasteiger partial charge < -0.3 is 28.7 Å². The summed E-state index contributed by atoms with van der Waals surface area (Å²) >= 11 is 0. The van der Waals surface area contributed by atoms with Crippen molar-refractivity contribution in [2.45, 2.75) is 26.3 Å². The Kier molecular flexibility index (Phi) is 6.40. The fraction of sp³-hybridized carbons (Fsp3) is 0.333. The van der Waals surface area contributed by atoms with Crippen LogP contribution in [0, 0.1) is 13.8 Å². The van der Waals surface area contributed by atoms with Crippen molar-refractivity contribution in [3.63, 3.8) is 0 Å². The molecular weight excluding hydrogens is 436 g/mol. The van der Waals surface area contributed by atoms with E-state index in [4.69, 9.17) is 0 Å². The number of nitrogens with one attached hydrogen (secondary N) is 2. The number of aromatic nitrogens is 3. The molecule has 0 fully saturated rings. The zero-order valence-corrected chi connectivity index (χ0v) is 15.3. The molecule has 0 saturated carbocycles. The standard InChI is InChI=1S/C13H15N4O.C2H5.W/c1-3-14-13(18)9-7-16-10-6-8(2)17-5-4-15-12(17)11(9)10;1-2;/h4-5,7-8,16H,1,3,6H2,2H3,(H,14,18);1H2,2H3;/q2*-1;+2/t8-;;/m0../s1. The van der Waals surface area contributed by atoms with Crippen LogP contribution in [0.2, 0.25) is 0 Å². The maximum absolute atomic E-state index is 12.0. The number of hydrogen-bond donors (Lipinski definition) is 2. The molecule has 3 heterocycles. The van der Waals surface area contributed by atoms with Crippen molar-refractivity contribution < 1.29 is 25.9 Å². The second kappa shape index (κ2) is 7.60. The molecule has 1 atom stereocenters. The first kappa shape index (κ1) is 17.7. The molecule has 6 heteroatoms. The summed E-state index contributed by atoms with van der Waals surface area (Å²) in [5.74, 6) is 0.755. The van der Waals surface area contributed by atoms with E-state index in [1.54, 1.807) is 19.3 Å². The molecule has 0 saturated heterocycles. The zero-order chi connectivity index (χ0) is 14.7. The Morgan fingerprint density at radius 3 is 2.95 bits per heavy atom. The summed E-state index contributed by atoms with van der Waals surface area (Å²) in [6, 6.07) is 0.359. The molecule has 3 rings (SSSR count). The third kappa shape index (κ3) is 3.13. The van der Waals surface area contributed by atoms with E-state index in [0.29, 0.717) is 18.2 Å². The average molecular weight is 456 g/mol. The van der Waals surface area contributed by atoms with Gasteiger partial charge in [0.25, 0.3) is 5.91 Å². The Labute approximate surface area is 139 Å². The molecule has 0 aromatic carbocycles. The van der Waals surface area contributed by atoms with Gasteiger partial charge in [-0.05, 0) is 6.92 Å². The number of carbonyl (C=O) groups is 1. The summed E-state index contributed by atoms with van der Waals surface area (Å²) in [6.07, 6.45) is 6.37. The van der Waals surface area contributed by atoms with Crippen LogP contribution >= 0.6 is 0 Å². The normalized spacial score (nSPS) is 15.0. The van der Waals surface area contributed by atoms with Gasteiger partial charge in [0.15, 0.2) is 0 Å². The Morgan fingerprint density at radius 1 is 1.57 bits per heavy atom. The molecule has 5 nitrogen and oxygen atoms in total. The minimum atomic E-state index is -0.105. The SMILES string of the molecule is [CH2-]C.[CH2-]CNC(=O)c1c[nH]c2c1-c1nccn1[C@@H](C)C2.[W+2]. The van der Waals surface area contributed by atoms with Crippen LogP contribution in [0.3, 0.4) is 0 Å². The minimum Gasteiger partial charge on any atom is -0.382 e. The van der Waals surface area contributed by atoms with Crippen molar-refractivity contribution in [3.05, 3.63) is 43.7 Å². The van der Waals surface area contributed by atoms with Gasteiger partial charge in [-0.2, -0.15) is 6.92 Å². The fourth-order valence-electron chi connectivity index (χ4n) is 2.53. The van der Waals surface area contributed by atoms with E-state index in [1.807, 2.05) is 6.20 Å². The van der Waals surface area contributed by atoms with Crippen LogP contribution in [-0.4, -0.2) is 27.0 Å². The number of aromatic amines is 1. The van der Waals surface area contributed by atoms with Crippen molar-refractivity contribution in [1.29, 1.82) is 0 Å². The molecule has 0 unspecified atom stereocenters. The first-order chi connectivity index (χ1) is 9.72. The van der Waals surface area contributed by atoms with Gasteiger partial charge in [-0.1, -0.05) is 0 Å². The van der Waals surface area contributed by atoms with E-state index in [1.165, 1.54) is 0 Å². The topological polar surface area (TPSA) is 62.7 Å². The van der Waals surface area contributed by atoms with Gasteiger partial charge in [0.1, 0.15) is 5.82 Å². The van der Waals surface area contributed by atoms with Crippen LogP contribution in [-0.2, 0) is 27.5 Å². The maximum Gasteiger partial charge on any atom is 2.00 e. The number of rotatable bonds is 2. The molecule has 2 N–H and O–H groups in total. The maximum atomic E-state index is 12.0. The number of imidazole rings is 1. The zero-order valence-electron chi connectivity index (χ0n) is 12.3. The number of nitrogens with zero attached hydrogens (tertiary/aromatic N) is 2. The molecule has 0 bridgehead atoms. The van der Waals surface area contributed by atoms with Gasteiger partial charge in [0.05, 0.1) is 11.1 Å². The quantitative estimate of drug-likeness (QED) is 0.683. The van der Waals surface area contributed by atoms with Crippen molar-refractivity contribution in [2.24, 2.45) is 0 Å². The summed E-state index contributed by atoms with van der Waals surface area (Å²) in [4.78, 5) is 19.5. The summed E-state index contributed by atoms with van der Waals surface area (Å²) in [5.41, 5.74) is 2.65. The van der Waals surface area contributed by atoms with E-state index in [-0.39, 0.29) is 27.0 Å². The van der Waals surface area contributed by atoms with Gasteiger partial charge in [-0.15, -0.1) is 6.54 Å². The van der Waals surface area contributed by atoms with Crippen LogP contribution in [0.15, 0.2) is 18.6 Å². The van der Waals surface area contributed by atoms with Crippen molar-refractivity contribution in [2.75, 3.05) is 6.54 Å². The van der Waals surface area contributed by atoms with Crippen LogP contribution < -0.4 is 5.32 Å². The third-order valence-corrected chi connectivity index (χ3v) is 3.36. The molecule has 21 heavy (non-hydrogen) atoms. The molecule has 2 aromatic rings. The third-order valence-electron chi connectivity index (χ3n) is 3.36. The van der Waals surface area contributed by atoms with E-state index in [0.717, 1.165) is 23.5 Å². The van der Waals surface area contributed by atoms with E-state index in [9.17, 15) is 4.79 Å². The van der Waals surface area contributed by atoms with Crippen LogP contribution in [0.5, 0.6) is 0 Å². The van der Waals surface area contributed by atoms with Crippen molar-refractivity contribution >= 4 is 5.91 Å². The van der Waals surface area contributed by atoms with Gasteiger partial charge >= 0.3 is 21.1 Å². The number of hydrogen-bond acceptors (Lipinski definition) is 2. The van der Waals surface area contributed by atoms with E-state index >= 15 is 0 Å². The smallest absolute Gasteiger partial charge is 0.382 e. The van der Waals surface area contributed by atoms with Crippen molar-refractivity contribution in [1.82, 2.24) is 19.9 Å². The number of carbonyl (C=O) groups excluding carboxylic acids is 1. The summed E-state index contributed by atoms with van der Waals surface area (Å²) in [6.45, 7) is 11.2. The molecule has 112 valence electrons. The molecule has 0 spiro atoms. The second-order valence-electron chi connectivity index (χ2n) is 4.52. The van der Waals surface area contributed by atoms with Gasteiger partial charge in [-0.25, -0.2) is 4.98 Å². The Bertz CT molecular complexity index is 603. The van der Waals surface area contributed by atoms with Crippen LogP contribution in [0.25, 0.3) is 11.4 Å². The Hall–Kier alpha value is -1.35. The Balaban J connectivity index is 0.000000706. The van der Waals surface area contributed by atoms with Gasteiger partial charge in [0, 0.05) is 36.7 Å². The molecule has 0 aliphatic carbocycles. The average Bonchev–Trinajstić information content (AvgIpc) is 3.07. The van der Waals surface area contributed by atoms with Gasteiger partial charge in [0.2, 0.25) is 0 Å². The first-order valence-electron chi connectivity index (χ1n) is 6.74. The first-order valence-corrected chi connectivity index (χ1v) is 6.74. The summed E-state index contributed by atoms with van der Waals surface area (Å²) < 4.78 is 2.11. The van der Waals surface area contributed by atoms with E-state index < -0.39 is 0 Å². The Morgan fingerprint density at radius 2 is 2.29 bits per heavy atom. The minimum absolute atomic E-state index is 0. The predicted molar refractivity (Wildman–Crippen MR) is 79.1 cm³/mol. The number of fused-ring (bicyclic) bond motifs is 3. The molecule has 1 aliphatic rings. The van der Waals surface area contributed by atoms with Crippen LogP contribution in [0.1, 0.15) is 35.9 Å². The van der Waals surface area contributed by atoms with Gasteiger partial charge in [-0.3, -0.25) is 4.79 Å². The largest absolute Gasteiger partial charge is 2.00 e. The van der Waals surface area contributed by atoms with Crippen molar-refractivity contribution in [3.8, 4) is 11.4 Å². The van der Waals surface area contributed by atoms with Crippen LogP contribution in [0.4, 0.5) is 0 Å².